The molecule has 0 fully saturated rings. The van der Waals surface area contributed by atoms with Crippen molar-refractivity contribution in [2.24, 2.45) is 0 Å². The number of alkyl halides is 5. The van der Waals surface area contributed by atoms with Gasteiger partial charge >= 0.3 is 0 Å². The Hall–Kier alpha value is 3.10. The van der Waals surface area contributed by atoms with E-state index in [1.54, 1.807) is 0 Å². The summed E-state index contributed by atoms with van der Waals surface area (Å²) in [6.07, 6.45) is 1.88. The Bertz CT molecular complexity index is 160. The molecule has 0 N–H and O–H groups in total. The average Bonchev–Trinajstić information content (AvgIpc) is 1.56. The maximum atomic E-state index is 3.44. The van der Waals surface area contributed by atoms with E-state index in [2.05, 4.69) is 112 Å². The summed E-state index contributed by atoms with van der Waals surface area (Å²) < 4.78 is -0.0104. The minimum atomic E-state index is -0.438. The minimum Gasteiger partial charge on any atom is -0.0645 e. The average molecular weight is 608 g/mol. The first-order valence-corrected chi connectivity index (χ1v) is 7.70. The van der Waals surface area contributed by atoms with Gasteiger partial charge in [0.05, 0.1) is 3.39 Å². The normalized spacial score (nSPS) is 13.0. The molecule has 0 nitrogen and oxygen atoms in total. The molecule has 11 heavy (non-hydrogen) atoms. The molecular weight excluding hydrogens is 607 g/mol. The van der Waals surface area contributed by atoms with E-state index < -0.39 is 5.38 Å². The zero-order chi connectivity index (χ0) is 9.28. The molecule has 0 aliphatic carbocycles. The second-order valence-electron chi connectivity index (χ2n) is 1.55. The maximum Gasteiger partial charge on any atom is 0.163 e. The van der Waals surface area contributed by atoms with Crippen molar-refractivity contribution in [2.75, 3.05) is 0 Å². The molecule has 0 aliphatic rings. The molecule has 0 aromatic carbocycles. The van der Waals surface area contributed by atoms with E-state index in [0.29, 0.717) is 0 Å². The maximum absolute atomic E-state index is 3.44. The Labute approximate surface area is 124 Å². The molecule has 0 atom stereocenters. The fraction of sp³-hybridized carbons (Fsp3) is 0.500. The molecule has 0 unspecified atom stereocenters. The van der Waals surface area contributed by atoms with E-state index in [-0.39, 0.29) is 0 Å². The molecule has 0 saturated carbocycles. The molecule has 0 rings (SSSR count). The molecule has 0 heterocycles. The van der Waals surface area contributed by atoms with Gasteiger partial charge in [-0.25, -0.2) is 0 Å². The molecule has 0 aromatic heterocycles. The summed E-state index contributed by atoms with van der Waals surface area (Å²) in [5.74, 6) is 0. The summed E-state index contributed by atoms with van der Waals surface area (Å²) >= 11 is 23.5. The van der Waals surface area contributed by atoms with Crippen molar-refractivity contribution in [3.05, 3.63) is 9.47 Å². The van der Waals surface area contributed by atoms with Crippen molar-refractivity contribution in [2.45, 2.75) is 5.38 Å². The summed E-state index contributed by atoms with van der Waals surface area (Å²) in [5, 5.41) is 0. The third-order valence-electron chi connectivity index (χ3n) is 0.668. The number of allylic oxidation sites excluding steroid dienone is 1. The van der Waals surface area contributed by atoms with Gasteiger partial charge in [-0.3, -0.25) is 0 Å². The molecule has 0 amide bonds. The first kappa shape index (κ1) is 14.1. The Balaban J connectivity index is 4.61. The lowest BCUT2D eigenvalue weighted by Crippen LogP contribution is -2.25. The van der Waals surface area contributed by atoms with Crippen molar-refractivity contribution < 1.29 is 0 Å². The molecule has 0 radical (unpaired) electrons. The van der Waals surface area contributed by atoms with E-state index in [0.717, 1.165) is 3.39 Å². The molecule has 0 aromatic rings. The Morgan fingerprint density at radius 1 is 0.909 bits per heavy atom. The quantitative estimate of drug-likeness (QED) is 0.324. The van der Waals surface area contributed by atoms with Gasteiger partial charge in [0.1, 0.15) is 3.23 Å². The highest BCUT2D eigenvalue weighted by Crippen LogP contribution is 2.54. The molecule has 0 spiro atoms. The van der Waals surface area contributed by atoms with E-state index >= 15 is 0 Å². The van der Waals surface area contributed by atoms with Crippen molar-refractivity contribution in [1.82, 2.24) is 0 Å². The van der Waals surface area contributed by atoms with Gasteiger partial charge in [-0.2, -0.15) is 0 Å². The summed E-state index contributed by atoms with van der Waals surface area (Å²) in [7, 11) is 0. The van der Waals surface area contributed by atoms with Crippen molar-refractivity contribution in [3.8, 4) is 0 Å². The monoisotopic (exact) mass is 601 g/mol. The van der Waals surface area contributed by atoms with Crippen LogP contribution in [0.15, 0.2) is 9.47 Å². The molecule has 0 bridgehead atoms. The summed E-state index contributed by atoms with van der Waals surface area (Å²) in [5.41, 5.74) is 0. The van der Waals surface area contributed by atoms with Gasteiger partial charge in [-0.05, 0) is 37.9 Å². The zero-order valence-corrected chi connectivity index (χ0v) is 15.8. The van der Waals surface area contributed by atoms with Crippen LogP contribution < -0.4 is 0 Å². The highest BCUT2D eigenvalue weighted by Gasteiger charge is 2.41. The number of hydrogen-bond acceptors (Lipinski definition) is 0. The molecule has 66 valence electrons. The lowest BCUT2D eigenvalue weighted by Gasteiger charge is -2.26. The van der Waals surface area contributed by atoms with Crippen LogP contribution in [0.3, 0.4) is 0 Å². The third-order valence-corrected chi connectivity index (χ3v) is 7.84. The van der Waals surface area contributed by atoms with Crippen molar-refractivity contribution in [3.63, 3.8) is 0 Å². The number of rotatable bonds is 1. The van der Waals surface area contributed by atoms with Crippen LogP contribution in [0.1, 0.15) is 0 Å². The number of hydrogen-bond donors (Lipinski definition) is 0. The first-order chi connectivity index (χ1) is 4.67. The van der Waals surface area contributed by atoms with E-state index in [1.165, 1.54) is 0 Å². The van der Waals surface area contributed by atoms with E-state index in [4.69, 9.17) is 0 Å². The fourth-order valence-corrected chi connectivity index (χ4v) is 2.94. The number of halogens is 7. The standard InChI is InChI=1S/C4HBr7/c5-2(6)1-3(7,8)4(9,10)11/h1H. The Kier molecular flexibility index (Phi) is 6.74. The zero-order valence-electron chi connectivity index (χ0n) is 4.72. The van der Waals surface area contributed by atoms with Crippen LogP contribution in [0.5, 0.6) is 0 Å². The summed E-state index contributed by atoms with van der Waals surface area (Å²) in [4.78, 5) is 0. The second kappa shape index (κ2) is 5.26. The topological polar surface area (TPSA) is 0 Å². The SMILES string of the molecule is BrC(Br)=CC(Br)(Br)C(Br)(Br)Br. The largest absolute Gasteiger partial charge is 0.163 e. The minimum absolute atomic E-state index is 0.421. The smallest absolute Gasteiger partial charge is 0.0645 e. The second-order valence-corrected chi connectivity index (χ2v) is 14.7. The van der Waals surface area contributed by atoms with Gasteiger partial charge in [0, 0.05) is 0 Å². The highest BCUT2D eigenvalue weighted by molar-refractivity contribution is 9.41. The molecular formula is C4HBr7. The van der Waals surface area contributed by atoms with Crippen LogP contribution in [0.4, 0.5) is 0 Å². The van der Waals surface area contributed by atoms with Crippen molar-refractivity contribution in [1.29, 1.82) is 0 Å². The van der Waals surface area contributed by atoms with Gasteiger partial charge in [0.25, 0.3) is 0 Å². The first-order valence-electron chi connectivity index (χ1n) is 2.15. The van der Waals surface area contributed by atoms with Crippen LogP contribution in [0.2, 0.25) is 0 Å². The van der Waals surface area contributed by atoms with Crippen LogP contribution in [-0.2, 0) is 0 Å². The predicted octanol–water partition coefficient (Wildman–Crippen LogP) is 5.94. The van der Waals surface area contributed by atoms with E-state index in [1.807, 2.05) is 6.08 Å². The van der Waals surface area contributed by atoms with Gasteiger partial charge in [0.15, 0.2) is 2.14 Å². The Morgan fingerprint density at radius 3 is 1.36 bits per heavy atom. The lowest BCUT2D eigenvalue weighted by atomic mass is 10.5. The molecule has 0 aliphatic heterocycles. The lowest BCUT2D eigenvalue weighted by molar-refractivity contribution is 1.16. The summed E-state index contributed by atoms with van der Waals surface area (Å²) in [6.45, 7) is 0. The van der Waals surface area contributed by atoms with Gasteiger partial charge < -0.3 is 0 Å². The Morgan fingerprint density at radius 2 is 1.27 bits per heavy atom. The summed E-state index contributed by atoms with van der Waals surface area (Å²) in [6, 6.07) is 0. The van der Waals surface area contributed by atoms with Crippen LogP contribution in [0, 0.1) is 0 Å². The van der Waals surface area contributed by atoms with Crippen LogP contribution in [-0.4, -0.2) is 5.38 Å². The van der Waals surface area contributed by atoms with Gasteiger partial charge in [-0.15, -0.1) is 0 Å². The van der Waals surface area contributed by atoms with Crippen LogP contribution in [0.25, 0.3) is 0 Å². The molecule has 0 saturated heterocycles. The van der Waals surface area contributed by atoms with Crippen molar-refractivity contribution >= 4 is 112 Å². The van der Waals surface area contributed by atoms with Gasteiger partial charge in [-0.1, -0.05) is 79.6 Å². The third kappa shape index (κ3) is 5.52. The predicted molar refractivity (Wildman–Crippen MR) is 76.0 cm³/mol. The fourth-order valence-electron chi connectivity index (χ4n) is 0.219. The van der Waals surface area contributed by atoms with E-state index in [9.17, 15) is 0 Å². The highest BCUT2D eigenvalue weighted by atomic mass is 80.0. The molecule has 7 heteroatoms. The van der Waals surface area contributed by atoms with Crippen LogP contribution >= 0.6 is 112 Å². The van der Waals surface area contributed by atoms with Gasteiger partial charge in [0.2, 0.25) is 0 Å².